The molecule has 2 aromatic heterocycles. The fourth-order valence-electron chi connectivity index (χ4n) is 3.52. The summed E-state index contributed by atoms with van der Waals surface area (Å²) in [6.07, 6.45) is 5.50. The predicted molar refractivity (Wildman–Crippen MR) is 145 cm³/mol. The number of nitriles is 1. The lowest BCUT2D eigenvalue weighted by Gasteiger charge is -2.12. The molecule has 0 aliphatic carbocycles. The lowest BCUT2D eigenvalue weighted by Crippen LogP contribution is -2.12. The number of aromatic nitrogens is 3. The Kier molecular flexibility index (Phi) is 8.13. The van der Waals surface area contributed by atoms with Gasteiger partial charge in [-0.2, -0.15) is 11.2 Å². The van der Waals surface area contributed by atoms with Crippen molar-refractivity contribution in [3.8, 4) is 17.3 Å². The predicted octanol–water partition coefficient (Wildman–Crippen LogP) is 4.71. The highest BCUT2D eigenvalue weighted by molar-refractivity contribution is 6.04. The lowest BCUT2D eigenvalue weighted by atomic mass is 10.1. The Morgan fingerprint density at radius 1 is 1.16 bits per heavy atom. The molecule has 0 fully saturated rings. The van der Waals surface area contributed by atoms with E-state index in [2.05, 4.69) is 42.0 Å². The van der Waals surface area contributed by atoms with Gasteiger partial charge in [0.2, 0.25) is 5.95 Å². The highest BCUT2D eigenvalue weighted by atomic mass is 16.6. The minimum Gasteiger partial charge on any atom is -0.379 e. The van der Waals surface area contributed by atoms with Gasteiger partial charge >= 0.3 is 5.90 Å². The number of benzene rings is 2. The van der Waals surface area contributed by atoms with Crippen LogP contribution in [-0.4, -0.2) is 26.8 Å². The molecule has 1 amide bonds. The number of hydrogen-bond acceptors (Lipinski definition) is 9. The summed E-state index contributed by atoms with van der Waals surface area (Å²) in [6.45, 7) is 5.75. The Morgan fingerprint density at radius 2 is 1.97 bits per heavy atom. The average Bonchev–Trinajstić information content (AvgIpc) is 2.94. The standard InChI is InChI=1S/C28H24N8O2/c1-18-5-10-23(15-25(18)36-28-32-13-11-24(35-28)22-4-3-12-31-17-22)34-27(37)21-8-6-20(7-9-21)14-19(2)33-26(16-29)38-30/h3-13,15,17H,2,14,30H2,1H3,(H,34,37)(H,32,35,36)/b33-26-. The molecule has 38 heavy (non-hydrogen) atoms. The fourth-order valence-corrected chi connectivity index (χ4v) is 3.52. The van der Waals surface area contributed by atoms with E-state index >= 15 is 0 Å². The Morgan fingerprint density at radius 3 is 2.68 bits per heavy atom. The molecule has 0 atom stereocenters. The Balaban J connectivity index is 1.43. The Labute approximate surface area is 219 Å². The number of aryl methyl sites for hydroxylation is 1. The zero-order valence-corrected chi connectivity index (χ0v) is 20.5. The topological polar surface area (TPSA) is 151 Å². The SMILES string of the molecule is C=C(Cc1ccc(C(=O)Nc2ccc(C)c(Nc3nccc(-c4cccnc4)n3)c2)cc1)/N=C(/C#N)ON. The number of amides is 1. The van der Waals surface area contributed by atoms with Crippen LogP contribution in [0.15, 0.2) is 96.5 Å². The summed E-state index contributed by atoms with van der Waals surface area (Å²) >= 11 is 0. The van der Waals surface area contributed by atoms with Gasteiger partial charge in [-0.1, -0.05) is 24.8 Å². The number of nitrogens with two attached hydrogens (primary N) is 1. The van der Waals surface area contributed by atoms with Crippen LogP contribution in [0.25, 0.3) is 11.3 Å². The number of nitrogens with zero attached hydrogens (tertiary/aromatic N) is 5. The van der Waals surface area contributed by atoms with Gasteiger partial charge in [-0.25, -0.2) is 15.0 Å². The molecule has 0 saturated carbocycles. The molecule has 0 spiro atoms. The maximum Gasteiger partial charge on any atom is 0.316 e. The first-order chi connectivity index (χ1) is 18.4. The molecule has 4 aromatic rings. The monoisotopic (exact) mass is 504 g/mol. The van der Waals surface area contributed by atoms with E-state index in [1.54, 1.807) is 48.9 Å². The summed E-state index contributed by atoms with van der Waals surface area (Å²) in [6, 6.07) is 19.9. The van der Waals surface area contributed by atoms with Gasteiger partial charge in [0.1, 0.15) is 0 Å². The highest BCUT2D eigenvalue weighted by Crippen LogP contribution is 2.24. The highest BCUT2D eigenvalue weighted by Gasteiger charge is 2.10. The molecule has 0 aliphatic rings. The lowest BCUT2D eigenvalue weighted by molar-refractivity contribution is 0.102. The van der Waals surface area contributed by atoms with E-state index in [0.29, 0.717) is 29.3 Å². The first-order valence-corrected chi connectivity index (χ1v) is 11.5. The first kappa shape index (κ1) is 25.7. The maximum absolute atomic E-state index is 12.9. The van der Waals surface area contributed by atoms with Crippen molar-refractivity contribution in [3.63, 3.8) is 0 Å². The number of allylic oxidation sites excluding steroid dienone is 1. The smallest absolute Gasteiger partial charge is 0.316 e. The van der Waals surface area contributed by atoms with E-state index in [0.717, 1.165) is 28.1 Å². The van der Waals surface area contributed by atoms with Crippen molar-refractivity contribution in [2.75, 3.05) is 10.6 Å². The number of carbonyl (C=O) groups excluding carboxylic acids is 1. The molecular formula is C28H24N8O2. The summed E-state index contributed by atoms with van der Waals surface area (Å²) in [5.41, 5.74) is 5.71. The third-order valence-electron chi connectivity index (χ3n) is 5.45. The number of rotatable bonds is 8. The number of carbonyl (C=O) groups is 1. The van der Waals surface area contributed by atoms with Gasteiger partial charge in [0, 0.05) is 53.2 Å². The van der Waals surface area contributed by atoms with Gasteiger partial charge in [0.25, 0.3) is 5.91 Å². The zero-order chi connectivity index (χ0) is 26.9. The Hall–Kier alpha value is -5.40. The van der Waals surface area contributed by atoms with Crippen LogP contribution >= 0.6 is 0 Å². The van der Waals surface area contributed by atoms with Crippen LogP contribution < -0.4 is 16.5 Å². The molecule has 0 unspecified atom stereocenters. The second-order valence-electron chi connectivity index (χ2n) is 8.20. The number of nitrogens with one attached hydrogen (secondary N) is 2. The second-order valence-corrected chi connectivity index (χ2v) is 8.20. The van der Waals surface area contributed by atoms with Crippen LogP contribution in [0, 0.1) is 18.3 Å². The van der Waals surface area contributed by atoms with Crippen molar-refractivity contribution in [1.82, 2.24) is 15.0 Å². The summed E-state index contributed by atoms with van der Waals surface area (Å²) in [7, 11) is 0. The minimum absolute atomic E-state index is 0.263. The second kappa shape index (κ2) is 12.0. The molecule has 2 heterocycles. The first-order valence-electron chi connectivity index (χ1n) is 11.5. The van der Waals surface area contributed by atoms with Crippen molar-refractivity contribution < 1.29 is 9.63 Å². The van der Waals surface area contributed by atoms with Crippen LogP contribution in [0.1, 0.15) is 21.5 Å². The zero-order valence-electron chi connectivity index (χ0n) is 20.5. The fraction of sp³-hybridized carbons (Fsp3) is 0.0714. The van der Waals surface area contributed by atoms with Gasteiger partial charge < -0.3 is 15.5 Å². The van der Waals surface area contributed by atoms with E-state index in [1.165, 1.54) is 0 Å². The quantitative estimate of drug-likeness (QED) is 0.177. The molecule has 0 saturated heterocycles. The van der Waals surface area contributed by atoms with Crippen molar-refractivity contribution in [2.24, 2.45) is 10.9 Å². The third kappa shape index (κ3) is 6.63. The molecule has 188 valence electrons. The average molecular weight is 505 g/mol. The molecule has 2 aromatic carbocycles. The van der Waals surface area contributed by atoms with Crippen LogP contribution in [0.2, 0.25) is 0 Å². The van der Waals surface area contributed by atoms with Gasteiger partial charge in [0.15, 0.2) is 6.07 Å². The molecule has 0 bridgehead atoms. The third-order valence-corrected chi connectivity index (χ3v) is 5.45. The molecule has 10 heteroatoms. The number of aliphatic imine (C=N–C) groups is 1. The van der Waals surface area contributed by atoms with Crippen LogP contribution in [-0.2, 0) is 11.3 Å². The number of pyridine rings is 1. The van der Waals surface area contributed by atoms with E-state index in [-0.39, 0.29) is 11.8 Å². The molecule has 4 N–H and O–H groups in total. The van der Waals surface area contributed by atoms with E-state index in [9.17, 15) is 4.79 Å². The van der Waals surface area contributed by atoms with E-state index in [1.807, 2.05) is 43.3 Å². The maximum atomic E-state index is 12.9. The van der Waals surface area contributed by atoms with E-state index < -0.39 is 0 Å². The summed E-state index contributed by atoms with van der Waals surface area (Å²) in [5, 5.41) is 15.0. The molecule has 10 nitrogen and oxygen atoms in total. The Bertz CT molecular complexity index is 1530. The van der Waals surface area contributed by atoms with Crippen molar-refractivity contribution in [2.45, 2.75) is 13.3 Å². The normalized spacial score (nSPS) is 10.8. The summed E-state index contributed by atoms with van der Waals surface area (Å²) in [5.74, 6) is 4.87. The molecule has 0 aliphatic heterocycles. The number of anilines is 3. The van der Waals surface area contributed by atoms with Gasteiger partial charge in [-0.05, 0) is 60.5 Å². The summed E-state index contributed by atoms with van der Waals surface area (Å²) < 4.78 is 0. The van der Waals surface area contributed by atoms with Crippen LogP contribution in [0.5, 0.6) is 0 Å². The minimum atomic E-state index is -0.272. The van der Waals surface area contributed by atoms with Crippen molar-refractivity contribution >= 4 is 29.1 Å². The molecule has 4 rings (SSSR count). The van der Waals surface area contributed by atoms with Gasteiger partial charge in [-0.3, -0.25) is 9.78 Å². The molecule has 0 radical (unpaired) electrons. The largest absolute Gasteiger partial charge is 0.379 e. The van der Waals surface area contributed by atoms with Crippen molar-refractivity contribution in [1.29, 1.82) is 5.26 Å². The van der Waals surface area contributed by atoms with Gasteiger partial charge in [-0.15, -0.1) is 0 Å². The summed E-state index contributed by atoms with van der Waals surface area (Å²) in [4.78, 5) is 34.1. The molecular weight excluding hydrogens is 480 g/mol. The van der Waals surface area contributed by atoms with Gasteiger partial charge in [0.05, 0.1) is 5.69 Å². The van der Waals surface area contributed by atoms with E-state index in [4.69, 9.17) is 11.2 Å². The van der Waals surface area contributed by atoms with Crippen LogP contribution in [0.3, 0.4) is 0 Å². The van der Waals surface area contributed by atoms with Crippen molar-refractivity contribution in [3.05, 3.63) is 108 Å². The van der Waals surface area contributed by atoms with Crippen LogP contribution in [0.4, 0.5) is 17.3 Å². The number of hydrogen-bond donors (Lipinski definition) is 3.